The third kappa shape index (κ3) is 3.35. The fraction of sp³-hybridized carbons (Fsp3) is 0.467. The van der Waals surface area contributed by atoms with Gasteiger partial charge in [-0.15, -0.1) is 0 Å². The Balaban J connectivity index is 2.27. The number of rotatable bonds is 5. The lowest BCUT2D eigenvalue weighted by atomic mass is 10.2. The first kappa shape index (κ1) is 18.2. The van der Waals surface area contributed by atoms with Gasteiger partial charge in [-0.3, -0.25) is 14.2 Å². The van der Waals surface area contributed by atoms with E-state index in [2.05, 4.69) is 31.4 Å². The van der Waals surface area contributed by atoms with Crippen LogP contribution in [0.4, 0.5) is 5.69 Å². The van der Waals surface area contributed by atoms with E-state index in [-0.39, 0.29) is 11.6 Å². The quantitative estimate of drug-likeness (QED) is 0.782. The number of carbonyl (C=O) groups excluding carboxylic acids is 2. The minimum absolute atomic E-state index is 0.0782. The summed E-state index contributed by atoms with van der Waals surface area (Å²) in [4.78, 5) is 24.4. The smallest absolute Gasteiger partial charge is 0.360 e. The number of aromatic nitrogens is 4. The molecule has 0 radical (unpaired) electrons. The Morgan fingerprint density at radius 3 is 2.54 bits per heavy atom. The molecule has 2 aromatic heterocycles. The molecule has 0 aliphatic carbocycles. The topological polar surface area (TPSA) is 91.0 Å². The number of carbonyl (C=O) groups is 2. The number of ether oxygens (including phenoxy) is 1. The summed E-state index contributed by atoms with van der Waals surface area (Å²) in [5.41, 5.74) is 2.06. The minimum Gasteiger partial charge on any atom is -0.464 e. The maximum absolute atomic E-state index is 12.6. The van der Waals surface area contributed by atoms with E-state index in [0.717, 1.165) is 15.9 Å². The zero-order chi connectivity index (χ0) is 18.0. The van der Waals surface area contributed by atoms with Crippen molar-refractivity contribution < 1.29 is 14.3 Å². The van der Waals surface area contributed by atoms with Crippen molar-refractivity contribution >= 4 is 33.5 Å². The van der Waals surface area contributed by atoms with Crippen molar-refractivity contribution in [2.24, 2.45) is 0 Å². The van der Waals surface area contributed by atoms with Crippen LogP contribution >= 0.6 is 15.9 Å². The monoisotopic (exact) mass is 397 g/mol. The Hall–Kier alpha value is -2.16. The first-order valence-electron chi connectivity index (χ1n) is 7.47. The van der Waals surface area contributed by atoms with E-state index in [1.54, 1.807) is 22.5 Å². The van der Waals surface area contributed by atoms with Crippen molar-refractivity contribution in [1.29, 1.82) is 0 Å². The molecular formula is C15H20BrN5O3. The highest BCUT2D eigenvalue weighted by Crippen LogP contribution is 2.24. The second-order valence-electron chi connectivity index (χ2n) is 5.33. The average molecular weight is 398 g/mol. The van der Waals surface area contributed by atoms with E-state index in [0.29, 0.717) is 12.2 Å². The minimum atomic E-state index is -0.598. The maximum Gasteiger partial charge on any atom is 0.360 e. The van der Waals surface area contributed by atoms with Crippen molar-refractivity contribution in [2.45, 2.75) is 40.3 Å². The molecule has 1 unspecified atom stereocenters. The van der Waals surface area contributed by atoms with Crippen molar-refractivity contribution in [3.8, 4) is 0 Å². The Morgan fingerprint density at radius 1 is 1.38 bits per heavy atom. The van der Waals surface area contributed by atoms with E-state index in [1.807, 2.05) is 20.8 Å². The first-order chi connectivity index (χ1) is 11.3. The van der Waals surface area contributed by atoms with Crippen molar-refractivity contribution in [2.75, 3.05) is 12.4 Å². The van der Waals surface area contributed by atoms with Crippen LogP contribution in [-0.2, 0) is 16.1 Å². The number of anilines is 1. The van der Waals surface area contributed by atoms with Crippen LogP contribution in [0.1, 0.15) is 41.8 Å². The molecule has 0 aromatic carbocycles. The van der Waals surface area contributed by atoms with Crippen molar-refractivity contribution in [3.05, 3.63) is 27.8 Å². The first-order valence-corrected chi connectivity index (χ1v) is 8.27. The van der Waals surface area contributed by atoms with E-state index >= 15 is 0 Å². The van der Waals surface area contributed by atoms with Gasteiger partial charge in [0.2, 0.25) is 5.91 Å². The van der Waals surface area contributed by atoms with Crippen LogP contribution in [0.5, 0.6) is 0 Å². The van der Waals surface area contributed by atoms with Crippen molar-refractivity contribution in [3.63, 3.8) is 0 Å². The highest BCUT2D eigenvalue weighted by atomic mass is 79.9. The zero-order valence-corrected chi connectivity index (χ0v) is 15.8. The molecule has 1 amide bonds. The number of esters is 1. The van der Waals surface area contributed by atoms with E-state index in [4.69, 9.17) is 4.74 Å². The maximum atomic E-state index is 12.6. The molecular weight excluding hydrogens is 378 g/mol. The second kappa shape index (κ2) is 7.16. The molecule has 9 heteroatoms. The van der Waals surface area contributed by atoms with Gasteiger partial charge >= 0.3 is 5.97 Å². The number of methoxy groups -OCH3 is 1. The Labute approximate surface area is 148 Å². The second-order valence-corrected chi connectivity index (χ2v) is 6.13. The van der Waals surface area contributed by atoms with Gasteiger partial charge in [-0.05, 0) is 43.6 Å². The SMILES string of the molecule is CCn1cc(NC(=O)C(C)n2nc(C)c(Br)c2C)c(C(=O)OC)n1. The molecule has 0 aliphatic heterocycles. The molecule has 0 bridgehead atoms. The lowest BCUT2D eigenvalue weighted by molar-refractivity contribution is -0.119. The number of aryl methyl sites for hydroxylation is 2. The van der Waals surface area contributed by atoms with Crippen LogP contribution in [-0.4, -0.2) is 38.5 Å². The van der Waals surface area contributed by atoms with Gasteiger partial charge < -0.3 is 10.1 Å². The fourth-order valence-electron chi connectivity index (χ4n) is 2.29. The predicted molar refractivity (Wildman–Crippen MR) is 92.0 cm³/mol. The Bertz CT molecular complexity index is 780. The van der Waals surface area contributed by atoms with Crippen LogP contribution < -0.4 is 5.32 Å². The summed E-state index contributed by atoms with van der Waals surface area (Å²) in [7, 11) is 1.27. The molecule has 0 saturated carbocycles. The molecule has 24 heavy (non-hydrogen) atoms. The van der Waals surface area contributed by atoms with Crippen LogP contribution in [0.3, 0.4) is 0 Å². The lowest BCUT2D eigenvalue weighted by Gasteiger charge is -2.14. The summed E-state index contributed by atoms with van der Waals surface area (Å²) < 4.78 is 8.78. The number of hydrogen-bond acceptors (Lipinski definition) is 5. The van der Waals surface area contributed by atoms with Gasteiger partial charge in [0.25, 0.3) is 0 Å². The Morgan fingerprint density at radius 2 is 2.04 bits per heavy atom. The Kier molecular flexibility index (Phi) is 5.43. The molecule has 0 fully saturated rings. The van der Waals surface area contributed by atoms with E-state index in [9.17, 15) is 9.59 Å². The van der Waals surface area contributed by atoms with E-state index < -0.39 is 12.0 Å². The summed E-state index contributed by atoms with van der Waals surface area (Å²) in [6.45, 7) is 7.93. The third-order valence-electron chi connectivity index (χ3n) is 3.71. The number of halogens is 1. The van der Waals surface area contributed by atoms with Gasteiger partial charge in [-0.25, -0.2) is 4.79 Å². The normalized spacial score (nSPS) is 12.1. The molecule has 0 spiro atoms. The fourth-order valence-corrected chi connectivity index (χ4v) is 2.55. The van der Waals surface area contributed by atoms with Gasteiger partial charge in [0.1, 0.15) is 6.04 Å². The van der Waals surface area contributed by atoms with Gasteiger partial charge in [0, 0.05) is 12.7 Å². The molecule has 1 N–H and O–H groups in total. The molecule has 0 saturated heterocycles. The number of amides is 1. The standard InChI is InChI=1S/C15H20BrN5O3/c1-6-20-7-11(13(19-20)15(23)24-5)17-14(22)10(4)21-9(3)12(16)8(2)18-21/h7,10H,6H2,1-5H3,(H,17,22). The van der Waals surface area contributed by atoms with Crippen LogP contribution in [0, 0.1) is 13.8 Å². The van der Waals surface area contributed by atoms with Gasteiger partial charge in [-0.2, -0.15) is 10.2 Å². The summed E-state index contributed by atoms with van der Waals surface area (Å²) >= 11 is 3.45. The number of nitrogens with one attached hydrogen (secondary N) is 1. The molecule has 2 heterocycles. The summed E-state index contributed by atoms with van der Waals surface area (Å²) in [6.07, 6.45) is 1.61. The number of hydrogen-bond donors (Lipinski definition) is 1. The molecule has 130 valence electrons. The highest BCUT2D eigenvalue weighted by molar-refractivity contribution is 9.10. The third-order valence-corrected chi connectivity index (χ3v) is 4.85. The highest BCUT2D eigenvalue weighted by Gasteiger charge is 2.24. The summed E-state index contributed by atoms with van der Waals surface area (Å²) in [5.74, 6) is -0.895. The molecule has 8 nitrogen and oxygen atoms in total. The zero-order valence-electron chi connectivity index (χ0n) is 14.3. The molecule has 2 rings (SSSR count). The van der Waals surface area contributed by atoms with Gasteiger partial charge in [0.15, 0.2) is 5.69 Å². The largest absolute Gasteiger partial charge is 0.464 e. The van der Waals surface area contributed by atoms with Gasteiger partial charge in [-0.1, -0.05) is 0 Å². The average Bonchev–Trinajstić information content (AvgIpc) is 3.09. The van der Waals surface area contributed by atoms with Crippen LogP contribution in [0.15, 0.2) is 10.7 Å². The van der Waals surface area contributed by atoms with E-state index in [1.165, 1.54) is 7.11 Å². The van der Waals surface area contributed by atoms with Gasteiger partial charge in [0.05, 0.1) is 28.7 Å². The lowest BCUT2D eigenvalue weighted by Crippen LogP contribution is -2.26. The molecule has 1 atom stereocenters. The summed E-state index contributed by atoms with van der Waals surface area (Å²) in [6, 6.07) is -0.550. The molecule has 0 aliphatic rings. The van der Waals surface area contributed by atoms with Crippen molar-refractivity contribution in [1.82, 2.24) is 19.6 Å². The van der Waals surface area contributed by atoms with Crippen LogP contribution in [0.2, 0.25) is 0 Å². The summed E-state index contributed by atoms with van der Waals surface area (Å²) in [5, 5.41) is 11.2. The van der Waals surface area contributed by atoms with Crippen LogP contribution in [0.25, 0.3) is 0 Å². The molecule has 2 aromatic rings. The number of nitrogens with zero attached hydrogens (tertiary/aromatic N) is 4. The predicted octanol–water partition coefficient (Wildman–Crippen LogP) is 2.47.